The van der Waals surface area contributed by atoms with E-state index in [1.165, 1.54) is 11.1 Å². The number of hydrogen-bond donors (Lipinski definition) is 1. The first-order valence-electron chi connectivity index (χ1n) is 9.88. The first-order valence-corrected chi connectivity index (χ1v) is 9.88. The summed E-state index contributed by atoms with van der Waals surface area (Å²) in [5.41, 5.74) is 3.58. The lowest BCUT2D eigenvalue weighted by Crippen LogP contribution is -2.56. The Morgan fingerprint density at radius 1 is 1.11 bits per heavy atom. The molecule has 1 N–H and O–H groups in total. The number of aryl methyl sites for hydroxylation is 1. The maximum Gasteiger partial charge on any atom is 0.237 e. The minimum atomic E-state index is -0.415. The molecule has 2 amide bonds. The van der Waals surface area contributed by atoms with Gasteiger partial charge in [-0.15, -0.1) is 0 Å². The summed E-state index contributed by atoms with van der Waals surface area (Å²) in [6.45, 7) is 4.77. The van der Waals surface area contributed by atoms with Crippen LogP contribution in [-0.4, -0.2) is 54.3 Å². The summed E-state index contributed by atoms with van der Waals surface area (Å²) in [5, 5.41) is 2.91. The van der Waals surface area contributed by atoms with Gasteiger partial charge < -0.3 is 10.2 Å². The van der Waals surface area contributed by atoms with Gasteiger partial charge in [-0.2, -0.15) is 0 Å². The van der Waals surface area contributed by atoms with E-state index in [9.17, 15) is 9.59 Å². The molecular formula is C23H29N3O2. The first kappa shape index (κ1) is 20.1. The Morgan fingerprint density at radius 3 is 2.54 bits per heavy atom. The molecule has 28 heavy (non-hydrogen) atoms. The van der Waals surface area contributed by atoms with Crippen molar-refractivity contribution in [3.8, 4) is 0 Å². The number of rotatable bonds is 7. The molecular weight excluding hydrogens is 350 g/mol. The number of carbonyl (C=O) groups is 2. The number of likely N-dealkylation sites (N-methyl/N-ethyl adjacent to an activating group) is 1. The van der Waals surface area contributed by atoms with Crippen LogP contribution < -0.4 is 5.32 Å². The van der Waals surface area contributed by atoms with Crippen LogP contribution in [0.3, 0.4) is 0 Å². The fourth-order valence-corrected chi connectivity index (χ4v) is 3.49. The second-order valence-corrected chi connectivity index (χ2v) is 7.52. The lowest BCUT2D eigenvalue weighted by molar-refractivity contribution is -0.138. The zero-order chi connectivity index (χ0) is 19.9. The highest BCUT2D eigenvalue weighted by atomic mass is 16.2. The fourth-order valence-electron chi connectivity index (χ4n) is 3.49. The maximum absolute atomic E-state index is 12.7. The van der Waals surface area contributed by atoms with Gasteiger partial charge in [0, 0.05) is 33.2 Å². The molecule has 2 aromatic rings. The molecule has 3 rings (SSSR count). The van der Waals surface area contributed by atoms with Crippen molar-refractivity contribution in [2.45, 2.75) is 32.4 Å². The van der Waals surface area contributed by atoms with E-state index >= 15 is 0 Å². The summed E-state index contributed by atoms with van der Waals surface area (Å²) >= 11 is 0. The minimum Gasteiger partial charge on any atom is -0.353 e. The molecule has 0 aliphatic carbocycles. The van der Waals surface area contributed by atoms with Crippen LogP contribution in [0.2, 0.25) is 0 Å². The molecule has 0 spiro atoms. The van der Waals surface area contributed by atoms with Gasteiger partial charge in [0.05, 0.1) is 12.5 Å². The summed E-state index contributed by atoms with van der Waals surface area (Å²) < 4.78 is 0. The van der Waals surface area contributed by atoms with E-state index in [0.717, 1.165) is 18.5 Å². The summed E-state index contributed by atoms with van der Waals surface area (Å²) in [7, 11) is 1.82. The van der Waals surface area contributed by atoms with E-state index in [1.807, 2.05) is 25.2 Å². The van der Waals surface area contributed by atoms with Crippen LogP contribution in [0.15, 0.2) is 54.6 Å². The highest BCUT2D eigenvalue weighted by Gasteiger charge is 2.32. The number of nitrogens with zero attached hydrogens (tertiary/aromatic N) is 2. The lowest BCUT2D eigenvalue weighted by atomic mass is 10.1. The van der Waals surface area contributed by atoms with Crippen LogP contribution >= 0.6 is 0 Å². The molecule has 1 saturated heterocycles. The van der Waals surface area contributed by atoms with Crippen LogP contribution in [0.1, 0.15) is 23.1 Å². The van der Waals surface area contributed by atoms with Gasteiger partial charge in [-0.3, -0.25) is 14.5 Å². The van der Waals surface area contributed by atoms with Crippen LogP contribution in [0.5, 0.6) is 0 Å². The second kappa shape index (κ2) is 9.51. The second-order valence-electron chi connectivity index (χ2n) is 7.52. The van der Waals surface area contributed by atoms with Crippen molar-refractivity contribution in [3.05, 3.63) is 71.3 Å². The molecule has 0 unspecified atom stereocenters. The highest BCUT2D eigenvalue weighted by molar-refractivity contribution is 5.88. The zero-order valence-corrected chi connectivity index (χ0v) is 16.7. The summed E-state index contributed by atoms with van der Waals surface area (Å²) in [6.07, 6.45) is 1.02. The van der Waals surface area contributed by atoms with E-state index in [0.29, 0.717) is 19.6 Å². The summed E-state index contributed by atoms with van der Waals surface area (Å²) in [4.78, 5) is 29.1. The van der Waals surface area contributed by atoms with E-state index in [2.05, 4.69) is 53.5 Å². The number of nitrogens with one attached hydrogen (secondary N) is 1. The number of benzene rings is 2. The average molecular weight is 380 g/mol. The molecule has 1 heterocycles. The third-order valence-corrected chi connectivity index (χ3v) is 5.32. The molecule has 0 aromatic heterocycles. The van der Waals surface area contributed by atoms with E-state index in [-0.39, 0.29) is 18.2 Å². The SMILES string of the molecule is Cc1ccc(CN2CCNC(=O)[C@H]2CC(=O)N(C)CCc2ccccc2)cc1. The summed E-state index contributed by atoms with van der Waals surface area (Å²) in [5.74, 6) is -0.0462. The maximum atomic E-state index is 12.7. The average Bonchev–Trinajstić information content (AvgIpc) is 2.71. The standard InChI is InChI=1S/C23H29N3O2/c1-18-8-10-20(11-9-18)17-26-15-13-24-23(28)21(26)16-22(27)25(2)14-12-19-6-4-3-5-7-19/h3-11,21H,12-17H2,1-2H3,(H,24,28)/t21-/m1/s1. The number of carbonyl (C=O) groups excluding carboxylic acids is 2. The Balaban J connectivity index is 1.59. The van der Waals surface area contributed by atoms with Crippen molar-refractivity contribution in [1.82, 2.24) is 15.1 Å². The Kier molecular flexibility index (Phi) is 6.82. The largest absolute Gasteiger partial charge is 0.353 e. The molecule has 1 atom stereocenters. The minimum absolute atomic E-state index is 0.00638. The molecule has 0 saturated carbocycles. The molecule has 0 radical (unpaired) electrons. The molecule has 1 aliphatic rings. The van der Waals surface area contributed by atoms with Crippen molar-refractivity contribution in [2.75, 3.05) is 26.7 Å². The van der Waals surface area contributed by atoms with Crippen LogP contribution in [-0.2, 0) is 22.6 Å². The predicted molar refractivity (Wildman–Crippen MR) is 111 cm³/mol. The Hall–Kier alpha value is -2.66. The van der Waals surface area contributed by atoms with Gasteiger partial charge in [0.1, 0.15) is 0 Å². The smallest absolute Gasteiger partial charge is 0.237 e. The van der Waals surface area contributed by atoms with Crippen molar-refractivity contribution >= 4 is 11.8 Å². The molecule has 1 fully saturated rings. The van der Waals surface area contributed by atoms with E-state index in [1.54, 1.807) is 4.90 Å². The predicted octanol–water partition coefficient (Wildman–Crippen LogP) is 2.39. The third kappa shape index (κ3) is 5.42. The van der Waals surface area contributed by atoms with Crippen LogP contribution in [0.25, 0.3) is 0 Å². The molecule has 5 heteroatoms. The topological polar surface area (TPSA) is 52.7 Å². The van der Waals surface area contributed by atoms with Gasteiger partial charge in [0.15, 0.2) is 0 Å². The monoisotopic (exact) mass is 379 g/mol. The molecule has 2 aromatic carbocycles. The van der Waals surface area contributed by atoms with Crippen LogP contribution in [0, 0.1) is 6.92 Å². The van der Waals surface area contributed by atoms with Crippen molar-refractivity contribution < 1.29 is 9.59 Å². The van der Waals surface area contributed by atoms with Gasteiger partial charge in [-0.25, -0.2) is 0 Å². The number of piperazine rings is 1. The van der Waals surface area contributed by atoms with Crippen LogP contribution in [0.4, 0.5) is 0 Å². The molecule has 5 nitrogen and oxygen atoms in total. The normalized spacial score (nSPS) is 17.2. The van der Waals surface area contributed by atoms with Gasteiger partial charge in [-0.1, -0.05) is 60.2 Å². The highest BCUT2D eigenvalue weighted by Crippen LogP contribution is 2.15. The lowest BCUT2D eigenvalue weighted by Gasteiger charge is -2.35. The van der Waals surface area contributed by atoms with Gasteiger partial charge >= 0.3 is 0 Å². The number of hydrogen-bond acceptors (Lipinski definition) is 3. The van der Waals surface area contributed by atoms with E-state index < -0.39 is 6.04 Å². The molecule has 1 aliphatic heterocycles. The molecule has 0 bridgehead atoms. The Bertz CT molecular complexity index is 789. The van der Waals surface area contributed by atoms with Gasteiger partial charge in [-0.05, 0) is 24.5 Å². The molecule has 148 valence electrons. The quantitative estimate of drug-likeness (QED) is 0.804. The van der Waals surface area contributed by atoms with E-state index in [4.69, 9.17) is 0 Å². The Labute approximate surface area is 167 Å². The fraction of sp³-hybridized carbons (Fsp3) is 0.391. The summed E-state index contributed by atoms with van der Waals surface area (Å²) in [6, 6.07) is 18.1. The third-order valence-electron chi connectivity index (χ3n) is 5.32. The first-order chi connectivity index (χ1) is 13.5. The zero-order valence-electron chi connectivity index (χ0n) is 16.7. The van der Waals surface area contributed by atoms with Crippen molar-refractivity contribution in [1.29, 1.82) is 0 Å². The van der Waals surface area contributed by atoms with Crippen molar-refractivity contribution in [3.63, 3.8) is 0 Å². The van der Waals surface area contributed by atoms with Gasteiger partial charge in [0.2, 0.25) is 11.8 Å². The number of amides is 2. The van der Waals surface area contributed by atoms with Crippen molar-refractivity contribution in [2.24, 2.45) is 0 Å². The van der Waals surface area contributed by atoms with Gasteiger partial charge in [0.25, 0.3) is 0 Å². The Morgan fingerprint density at radius 2 is 1.82 bits per heavy atom.